The van der Waals surface area contributed by atoms with Crippen molar-refractivity contribution in [1.82, 2.24) is 10.6 Å². The number of thioether (sulfide) groups is 1. The summed E-state index contributed by atoms with van der Waals surface area (Å²) in [5.41, 5.74) is 4.95. The quantitative estimate of drug-likeness (QED) is 0.393. The highest BCUT2D eigenvalue weighted by atomic mass is 32.2. The Morgan fingerprint density at radius 2 is 2.19 bits per heavy atom. The van der Waals surface area contributed by atoms with Gasteiger partial charge < -0.3 is 11.1 Å². The molecule has 16 heavy (non-hydrogen) atoms. The topological polar surface area (TPSA) is 96.6 Å². The van der Waals surface area contributed by atoms with E-state index in [1.165, 1.54) is 17.8 Å². The van der Waals surface area contributed by atoms with Crippen LogP contribution in [0.1, 0.15) is 13.8 Å². The van der Waals surface area contributed by atoms with Crippen LogP contribution in [0.25, 0.3) is 0 Å². The standard InChI is InChI=1S/C9H16N4O2S/c1-4-5-11-8(15)13-9(12-7(10)14)16-6(2)3/h4,6H,1,5H2,2-3H3,(H4,10,11,12,13,14,15). The minimum absolute atomic E-state index is 0.179. The highest BCUT2D eigenvalue weighted by Gasteiger charge is 2.08. The molecule has 0 aliphatic rings. The lowest BCUT2D eigenvalue weighted by Gasteiger charge is -2.08. The fraction of sp³-hybridized carbons (Fsp3) is 0.444. The monoisotopic (exact) mass is 244 g/mol. The van der Waals surface area contributed by atoms with Crippen molar-refractivity contribution in [1.29, 1.82) is 0 Å². The van der Waals surface area contributed by atoms with Crippen molar-refractivity contribution in [3.05, 3.63) is 12.7 Å². The van der Waals surface area contributed by atoms with Crippen molar-refractivity contribution in [3.8, 4) is 0 Å². The fourth-order valence-corrected chi connectivity index (χ4v) is 1.45. The van der Waals surface area contributed by atoms with Gasteiger partial charge in [0.25, 0.3) is 0 Å². The van der Waals surface area contributed by atoms with Crippen molar-refractivity contribution >= 4 is 29.0 Å². The largest absolute Gasteiger partial charge is 0.351 e. The second-order valence-corrected chi connectivity index (χ2v) is 4.61. The summed E-state index contributed by atoms with van der Waals surface area (Å²) < 4.78 is 0. The maximum Gasteiger partial charge on any atom is 0.343 e. The van der Waals surface area contributed by atoms with Crippen molar-refractivity contribution in [2.45, 2.75) is 19.1 Å². The van der Waals surface area contributed by atoms with Gasteiger partial charge in [-0.05, 0) is 0 Å². The Balaban J connectivity index is 4.46. The summed E-state index contributed by atoms with van der Waals surface area (Å²) in [5.74, 6) is 0. The van der Waals surface area contributed by atoms with Gasteiger partial charge in [-0.15, -0.1) is 6.58 Å². The predicted molar refractivity (Wildman–Crippen MR) is 66.5 cm³/mol. The molecule has 0 fully saturated rings. The van der Waals surface area contributed by atoms with Crippen LogP contribution in [0, 0.1) is 0 Å². The lowest BCUT2D eigenvalue weighted by Crippen LogP contribution is -2.35. The van der Waals surface area contributed by atoms with Crippen molar-refractivity contribution < 1.29 is 9.59 Å². The number of aliphatic imine (C=N–C) groups is 1. The number of urea groups is 2. The first-order valence-corrected chi connectivity index (χ1v) is 5.54. The molecule has 0 rings (SSSR count). The molecular weight excluding hydrogens is 228 g/mol. The Bertz CT molecular complexity index is 302. The van der Waals surface area contributed by atoms with E-state index in [2.05, 4.69) is 22.2 Å². The number of amides is 4. The van der Waals surface area contributed by atoms with Gasteiger partial charge in [0.05, 0.1) is 0 Å². The van der Waals surface area contributed by atoms with Crippen LogP contribution < -0.4 is 16.4 Å². The second kappa shape index (κ2) is 7.75. The summed E-state index contributed by atoms with van der Waals surface area (Å²) in [5, 5.41) is 5.11. The molecule has 4 amide bonds. The molecule has 0 aromatic rings. The first-order valence-electron chi connectivity index (χ1n) is 4.66. The summed E-state index contributed by atoms with van der Waals surface area (Å²) in [6.07, 6.45) is 1.53. The lowest BCUT2D eigenvalue weighted by molar-refractivity contribution is 0.250. The van der Waals surface area contributed by atoms with E-state index in [4.69, 9.17) is 5.73 Å². The van der Waals surface area contributed by atoms with Gasteiger partial charge in [0.2, 0.25) is 0 Å². The highest BCUT2D eigenvalue weighted by molar-refractivity contribution is 8.14. The average Bonchev–Trinajstić information content (AvgIpc) is 2.12. The van der Waals surface area contributed by atoms with Gasteiger partial charge in [-0.1, -0.05) is 31.7 Å². The third kappa shape index (κ3) is 7.86. The summed E-state index contributed by atoms with van der Waals surface area (Å²) in [7, 11) is 0. The number of nitrogens with one attached hydrogen (secondary N) is 2. The van der Waals surface area contributed by atoms with E-state index < -0.39 is 12.1 Å². The van der Waals surface area contributed by atoms with E-state index in [0.29, 0.717) is 6.54 Å². The summed E-state index contributed by atoms with van der Waals surface area (Å²) in [6, 6.07) is -1.29. The zero-order chi connectivity index (χ0) is 12.6. The maximum absolute atomic E-state index is 11.2. The highest BCUT2D eigenvalue weighted by Crippen LogP contribution is 2.10. The van der Waals surface area contributed by atoms with Crippen molar-refractivity contribution in [2.24, 2.45) is 10.7 Å². The first kappa shape index (κ1) is 14.5. The van der Waals surface area contributed by atoms with Gasteiger partial charge in [-0.3, -0.25) is 5.32 Å². The minimum atomic E-state index is -0.747. The molecule has 90 valence electrons. The summed E-state index contributed by atoms with van der Waals surface area (Å²) >= 11 is 1.24. The van der Waals surface area contributed by atoms with Gasteiger partial charge in [0, 0.05) is 11.8 Å². The SMILES string of the molecule is C=CCNC(=O)N=C(NC(N)=O)SC(C)C. The summed E-state index contributed by atoms with van der Waals surface area (Å²) in [4.78, 5) is 25.5. The molecule has 0 aliphatic heterocycles. The van der Waals surface area contributed by atoms with Gasteiger partial charge in [-0.25, -0.2) is 9.59 Å². The van der Waals surface area contributed by atoms with Crippen LogP contribution >= 0.6 is 11.8 Å². The number of amidine groups is 1. The van der Waals surface area contributed by atoms with Gasteiger partial charge in [-0.2, -0.15) is 4.99 Å². The van der Waals surface area contributed by atoms with Crippen molar-refractivity contribution in [3.63, 3.8) is 0 Å². The molecule has 0 radical (unpaired) electrons. The molecule has 7 heteroatoms. The average molecular weight is 244 g/mol. The zero-order valence-corrected chi connectivity index (χ0v) is 10.1. The zero-order valence-electron chi connectivity index (χ0n) is 9.32. The van der Waals surface area contributed by atoms with E-state index in [9.17, 15) is 9.59 Å². The molecule has 0 aromatic heterocycles. The molecule has 0 aromatic carbocycles. The molecule has 0 saturated heterocycles. The number of nitrogens with zero attached hydrogens (tertiary/aromatic N) is 1. The van der Waals surface area contributed by atoms with Crippen LogP contribution in [0.4, 0.5) is 9.59 Å². The van der Waals surface area contributed by atoms with E-state index in [1.54, 1.807) is 0 Å². The van der Waals surface area contributed by atoms with Gasteiger partial charge in [0.15, 0.2) is 5.17 Å². The summed E-state index contributed by atoms with van der Waals surface area (Å²) in [6.45, 7) is 7.58. The number of primary amides is 1. The molecular formula is C9H16N4O2S. The van der Waals surface area contributed by atoms with Crippen LogP contribution in [0.3, 0.4) is 0 Å². The number of nitrogens with two attached hydrogens (primary N) is 1. The molecule has 0 unspecified atom stereocenters. The maximum atomic E-state index is 11.2. The van der Waals surface area contributed by atoms with Crippen LogP contribution in [-0.4, -0.2) is 29.0 Å². The molecule has 4 N–H and O–H groups in total. The molecule has 6 nitrogen and oxygen atoms in total. The number of rotatable bonds is 3. The van der Waals surface area contributed by atoms with E-state index in [-0.39, 0.29) is 10.4 Å². The number of carbonyl (C=O) groups excluding carboxylic acids is 2. The Kier molecular flexibility index (Phi) is 7.02. The van der Waals surface area contributed by atoms with E-state index in [0.717, 1.165) is 0 Å². The van der Waals surface area contributed by atoms with Gasteiger partial charge in [0.1, 0.15) is 0 Å². The van der Waals surface area contributed by atoms with Crippen LogP contribution in [0.2, 0.25) is 0 Å². The third-order valence-corrected chi connectivity index (χ3v) is 2.07. The Morgan fingerprint density at radius 1 is 1.56 bits per heavy atom. The van der Waals surface area contributed by atoms with Gasteiger partial charge >= 0.3 is 12.1 Å². The smallest absolute Gasteiger partial charge is 0.343 e. The van der Waals surface area contributed by atoms with Crippen molar-refractivity contribution in [2.75, 3.05) is 6.54 Å². The lowest BCUT2D eigenvalue weighted by atomic mass is 10.6. The second-order valence-electron chi connectivity index (χ2n) is 3.05. The van der Waals surface area contributed by atoms with Crippen LogP contribution in [-0.2, 0) is 0 Å². The number of hydrogen-bond donors (Lipinski definition) is 3. The normalized spacial score (nSPS) is 11.1. The predicted octanol–water partition coefficient (Wildman–Crippen LogP) is 1.05. The Hall–Kier alpha value is -1.50. The molecule has 0 heterocycles. The van der Waals surface area contributed by atoms with E-state index in [1.807, 2.05) is 13.8 Å². The van der Waals surface area contributed by atoms with Crippen LogP contribution in [0.5, 0.6) is 0 Å². The molecule has 0 bridgehead atoms. The Labute approximate surface area is 98.8 Å². The Morgan fingerprint density at radius 3 is 2.62 bits per heavy atom. The first-order chi connectivity index (χ1) is 7.45. The fourth-order valence-electron chi connectivity index (χ4n) is 0.704. The number of carbonyl (C=O) groups is 2. The third-order valence-electron chi connectivity index (χ3n) is 1.18. The van der Waals surface area contributed by atoms with E-state index >= 15 is 0 Å². The number of hydrogen-bond acceptors (Lipinski definition) is 3. The van der Waals surface area contributed by atoms with Crippen LogP contribution in [0.15, 0.2) is 17.6 Å². The molecule has 0 aliphatic carbocycles. The molecule has 0 saturated carbocycles. The molecule has 0 atom stereocenters. The molecule has 0 spiro atoms. The minimum Gasteiger partial charge on any atom is -0.351 e.